The minimum absolute atomic E-state index is 0.373. The molecule has 0 amide bonds. The average Bonchev–Trinajstić information content (AvgIpc) is 2.85. The molecule has 0 atom stereocenters. The lowest BCUT2D eigenvalue weighted by atomic mass is 9.86. The van der Waals surface area contributed by atoms with Crippen molar-refractivity contribution in [3.8, 4) is 44.6 Å². The summed E-state index contributed by atoms with van der Waals surface area (Å²) in [5.41, 5.74) is 5.38. The normalized spacial score (nSPS) is 10.9. The molecule has 0 saturated heterocycles. The van der Waals surface area contributed by atoms with Crippen LogP contribution in [0.2, 0.25) is 0 Å². The summed E-state index contributed by atoms with van der Waals surface area (Å²) in [6.45, 7) is 0. The molecule has 0 radical (unpaired) electrons. The Morgan fingerprint density at radius 1 is 0.382 bits per heavy atom. The quantitative estimate of drug-likeness (QED) is 0.248. The first-order valence-corrected chi connectivity index (χ1v) is 10.6. The van der Waals surface area contributed by atoms with E-state index in [4.69, 9.17) is 4.98 Å². The molecule has 0 spiro atoms. The van der Waals surface area contributed by atoms with Gasteiger partial charge in [-0.2, -0.15) is 0 Å². The lowest BCUT2D eigenvalue weighted by molar-refractivity contribution is 0.627. The van der Waals surface area contributed by atoms with Gasteiger partial charge in [-0.25, -0.2) is 17.6 Å². The van der Waals surface area contributed by atoms with Crippen LogP contribution in [-0.2, 0) is 0 Å². The molecule has 0 aliphatic heterocycles. The fraction of sp³-hybridized carbons (Fsp3) is 0. The number of pyridine rings is 1. The highest BCUT2D eigenvalue weighted by Crippen LogP contribution is 2.44. The van der Waals surface area contributed by atoms with Crippen LogP contribution in [0.25, 0.3) is 44.6 Å². The Balaban J connectivity index is 1.88. The van der Waals surface area contributed by atoms with E-state index in [0.29, 0.717) is 44.6 Å². The summed E-state index contributed by atoms with van der Waals surface area (Å²) in [7, 11) is 0. The van der Waals surface area contributed by atoms with Crippen LogP contribution < -0.4 is 0 Å². The zero-order valence-corrected chi connectivity index (χ0v) is 17.8. The molecule has 0 N–H and O–H groups in total. The number of benzene rings is 4. The van der Waals surface area contributed by atoms with E-state index in [1.165, 1.54) is 48.5 Å². The molecule has 0 aliphatic rings. The van der Waals surface area contributed by atoms with Crippen molar-refractivity contribution in [3.63, 3.8) is 0 Å². The minimum Gasteiger partial charge on any atom is -0.255 e. The van der Waals surface area contributed by atoms with Gasteiger partial charge in [0, 0.05) is 28.5 Å². The standard InChI is InChI=1S/C29H17F4N/c30-22-9-1-18(2-10-22)26-17-34-29(21-7-15-25(33)16-8-21)28(20-5-13-24(32)14-6-20)27(26)19-3-11-23(31)12-4-19/h1-17H. The van der Waals surface area contributed by atoms with Gasteiger partial charge in [0.15, 0.2) is 0 Å². The van der Waals surface area contributed by atoms with Crippen LogP contribution in [0.3, 0.4) is 0 Å². The fourth-order valence-corrected chi connectivity index (χ4v) is 4.00. The molecular formula is C29H17F4N. The average molecular weight is 455 g/mol. The summed E-state index contributed by atoms with van der Waals surface area (Å²) in [5.74, 6) is -1.53. The number of hydrogen-bond acceptors (Lipinski definition) is 1. The molecule has 1 heterocycles. The lowest BCUT2D eigenvalue weighted by Gasteiger charge is -2.20. The van der Waals surface area contributed by atoms with Gasteiger partial charge in [-0.1, -0.05) is 36.4 Å². The van der Waals surface area contributed by atoms with Crippen molar-refractivity contribution in [3.05, 3.63) is 127 Å². The maximum atomic E-state index is 13.8. The van der Waals surface area contributed by atoms with E-state index in [2.05, 4.69) is 0 Å². The first-order valence-electron chi connectivity index (χ1n) is 10.6. The molecule has 34 heavy (non-hydrogen) atoms. The lowest BCUT2D eigenvalue weighted by Crippen LogP contribution is -1.98. The summed E-state index contributed by atoms with van der Waals surface area (Å²) in [4.78, 5) is 4.70. The van der Waals surface area contributed by atoms with Crippen molar-refractivity contribution in [2.45, 2.75) is 0 Å². The Morgan fingerprint density at radius 3 is 1.18 bits per heavy atom. The molecule has 5 heteroatoms. The van der Waals surface area contributed by atoms with Crippen molar-refractivity contribution in [1.29, 1.82) is 0 Å². The molecule has 0 aliphatic carbocycles. The van der Waals surface area contributed by atoms with E-state index in [1.807, 2.05) is 0 Å². The van der Waals surface area contributed by atoms with Crippen molar-refractivity contribution in [1.82, 2.24) is 4.98 Å². The van der Waals surface area contributed by atoms with E-state index >= 15 is 0 Å². The van der Waals surface area contributed by atoms with Crippen molar-refractivity contribution in [2.24, 2.45) is 0 Å². The molecule has 166 valence electrons. The van der Waals surface area contributed by atoms with Gasteiger partial charge >= 0.3 is 0 Å². The van der Waals surface area contributed by atoms with Crippen LogP contribution in [0.15, 0.2) is 103 Å². The van der Waals surface area contributed by atoms with E-state index in [1.54, 1.807) is 54.7 Å². The molecule has 4 aromatic carbocycles. The molecule has 5 aromatic rings. The summed E-state index contributed by atoms with van der Waals surface area (Å²) < 4.78 is 54.9. The Bertz CT molecular complexity index is 1330. The maximum Gasteiger partial charge on any atom is 0.123 e. The van der Waals surface area contributed by atoms with Crippen molar-refractivity contribution in [2.75, 3.05) is 0 Å². The fourth-order valence-electron chi connectivity index (χ4n) is 4.00. The van der Waals surface area contributed by atoms with Crippen LogP contribution in [0.4, 0.5) is 17.6 Å². The summed E-state index contributed by atoms with van der Waals surface area (Å²) in [5, 5.41) is 0. The van der Waals surface area contributed by atoms with Crippen LogP contribution in [-0.4, -0.2) is 4.98 Å². The molecule has 0 fully saturated rings. The largest absolute Gasteiger partial charge is 0.255 e. The third-order valence-corrected chi connectivity index (χ3v) is 5.62. The Kier molecular flexibility index (Phi) is 5.68. The second-order valence-corrected chi connectivity index (χ2v) is 7.80. The molecular weight excluding hydrogens is 438 g/mol. The zero-order valence-electron chi connectivity index (χ0n) is 17.8. The maximum absolute atomic E-state index is 13.8. The first kappa shape index (κ1) is 21.6. The van der Waals surface area contributed by atoms with E-state index in [9.17, 15) is 17.6 Å². The SMILES string of the molecule is Fc1ccc(-c2cnc(-c3ccc(F)cc3)c(-c3ccc(F)cc3)c2-c2ccc(F)cc2)cc1. The Hall–Kier alpha value is -4.25. The van der Waals surface area contributed by atoms with Gasteiger partial charge in [0.1, 0.15) is 23.3 Å². The van der Waals surface area contributed by atoms with E-state index in [0.717, 1.165) is 0 Å². The zero-order chi connectivity index (χ0) is 23.7. The minimum atomic E-state index is -0.391. The second kappa shape index (κ2) is 8.94. The van der Waals surface area contributed by atoms with Crippen molar-refractivity contribution < 1.29 is 17.6 Å². The van der Waals surface area contributed by atoms with Crippen molar-refractivity contribution >= 4 is 0 Å². The van der Waals surface area contributed by atoms with Gasteiger partial charge in [-0.3, -0.25) is 4.98 Å². The van der Waals surface area contributed by atoms with Gasteiger partial charge in [0.2, 0.25) is 0 Å². The summed E-state index contributed by atoms with van der Waals surface area (Å²) in [6, 6.07) is 23.9. The van der Waals surface area contributed by atoms with Crippen LogP contribution in [0.1, 0.15) is 0 Å². The van der Waals surface area contributed by atoms with E-state index < -0.39 is 5.82 Å². The summed E-state index contributed by atoms with van der Waals surface area (Å²) in [6.07, 6.45) is 1.66. The topological polar surface area (TPSA) is 12.9 Å². The summed E-state index contributed by atoms with van der Waals surface area (Å²) >= 11 is 0. The van der Waals surface area contributed by atoms with Gasteiger partial charge in [-0.15, -0.1) is 0 Å². The second-order valence-electron chi connectivity index (χ2n) is 7.80. The molecule has 0 unspecified atom stereocenters. The first-order chi connectivity index (χ1) is 16.5. The molecule has 0 bridgehead atoms. The van der Waals surface area contributed by atoms with Crippen LogP contribution in [0.5, 0.6) is 0 Å². The third kappa shape index (κ3) is 4.20. The monoisotopic (exact) mass is 455 g/mol. The van der Waals surface area contributed by atoms with Gasteiger partial charge < -0.3 is 0 Å². The predicted octanol–water partition coefficient (Wildman–Crippen LogP) is 8.31. The third-order valence-electron chi connectivity index (χ3n) is 5.62. The smallest absolute Gasteiger partial charge is 0.123 e. The molecule has 0 saturated carbocycles. The Labute approximate surface area is 194 Å². The Morgan fingerprint density at radius 2 is 0.735 bits per heavy atom. The highest BCUT2D eigenvalue weighted by atomic mass is 19.1. The highest BCUT2D eigenvalue weighted by Gasteiger charge is 2.21. The molecule has 1 nitrogen and oxygen atoms in total. The number of nitrogens with zero attached hydrogens (tertiary/aromatic N) is 1. The number of hydrogen-bond donors (Lipinski definition) is 0. The van der Waals surface area contributed by atoms with E-state index in [-0.39, 0.29) is 17.5 Å². The van der Waals surface area contributed by atoms with Gasteiger partial charge in [0.05, 0.1) is 5.69 Å². The van der Waals surface area contributed by atoms with Gasteiger partial charge in [0.25, 0.3) is 0 Å². The number of rotatable bonds is 4. The predicted molar refractivity (Wildman–Crippen MR) is 126 cm³/mol. The highest BCUT2D eigenvalue weighted by molar-refractivity contribution is 5.99. The molecule has 5 rings (SSSR count). The van der Waals surface area contributed by atoms with Crippen LogP contribution in [0, 0.1) is 23.3 Å². The number of aromatic nitrogens is 1. The van der Waals surface area contributed by atoms with Gasteiger partial charge in [-0.05, 0) is 77.4 Å². The number of halogens is 4. The van der Waals surface area contributed by atoms with Crippen LogP contribution >= 0.6 is 0 Å². The molecule has 1 aromatic heterocycles.